The van der Waals surface area contributed by atoms with Gasteiger partial charge in [-0.3, -0.25) is 4.57 Å². The van der Waals surface area contributed by atoms with Gasteiger partial charge in [0.25, 0.3) is 0 Å². The number of halogens is 1. The van der Waals surface area contributed by atoms with E-state index in [0.717, 1.165) is 0 Å². The summed E-state index contributed by atoms with van der Waals surface area (Å²) in [6, 6.07) is 8.93. The van der Waals surface area contributed by atoms with Gasteiger partial charge in [-0.1, -0.05) is 25.1 Å². The predicted molar refractivity (Wildman–Crippen MR) is 51.1 cm³/mol. The zero-order valence-electron chi connectivity index (χ0n) is 6.74. The summed E-state index contributed by atoms with van der Waals surface area (Å²) in [4.78, 5) is 0. The second-order valence-corrected chi connectivity index (χ2v) is 5.85. The van der Waals surface area contributed by atoms with Crippen molar-refractivity contribution in [3.63, 3.8) is 0 Å². The van der Waals surface area contributed by atoms with Crippen LogP contribution in [0.1, 0.15) is 6.92 Å². The molecule has 0 saturated carbocycles. The van der Waals surface area contributed by atoms with Gasteiger partial charge >= 0.3 is 6.72 Å². The molecule has 1 aromatic carbocycles. The first-order valence-corrected chi connectivity index (χ1v) is 6.39. The second-order valence-electron chi connectivity index (χ2n) is 2.31. The Balaban J connectivity index is 2.71. The van der Waals surface area contributed by atoms with Crippen LogP contribution >= 0.6 is 18.0 Å². The molecule has 0 amide bonds. The molecule has 0 aromatic heterocycles. The normalized spacial score (nSPS) is 15.2. The Labute approximate surface area is 76.7 Å². The third kappa shape index (κ3) is 2.88. The summed E-state index contributed by atoms with van der Waals surface area (Å²) >= 11 is 5.59. The largest absolute Gasteiger partial charge is 0.433 e. The van der Waals surface area contributed by atoms with E-state index in [1.807, 2.05) is 18.2 Å². The van der Waals surface area contributed by atoms with E-state index >= 15 is 0 Å². The highest BCUT2D eigenvalue weighted by molar-refractivity contribution is 7.85. The molecule has 0 aliphatic carbocycles. The van der Waals surface area contributed by atoms with E-state index in [-0.39, 0.29) is 0 Å². The summed E-state index contributed by atoms with van der Waals surface area (Å²) in [6.07, 6.45) is 0.337. The molecular formula is C8H10ClO2P. The lowest BCUT2D eigenvalue weighted by atomic mass is 10.3. The molecule has 0 bridgehead atoms. The smallest absolute Gasteiger partial charge is 0.336 e. The maximum atomic E-state index is 11.3. The fourth-order valence-corrected chi connectivity index (χ4v) is 1.51. The van der Waals surface area contributed by atoms with Gasteiger partial charge in [0, 0.05) is 6.16 Å². The van der Waals surface area contributed by atoms with E-state index in [0.29, 0.717) is 11.9 Å². The maximum Gasteiger partial charge on any atom is 0.336 e. The number of benzene rings is 1. The van der Waals surface area contributed by atoms with Gasteiger partial charge in [-0.05, 0) is 23.4 Å². The van der Waals surface area contributed by atoms with E-state index in [1.165, 1.54) is 0 Å². The van der Waals surface area contributed by atoms with E-state index in [1.54, 1.807) is 19.1 Å². The van der Waals surface area contributed by atoms with Gasteiger partial charge in [0.1, 0.15) is 5.75 Å². The summed E-state index contributed by atoms with van der Waals surface area (Å²) in [7, 11) is 0. The fraction of sp³-hybridized carbons (Fsp3) is 0.250. The van der Waals surface area contributed by atoms with E-state index in [2.05, 4.69) is 0 Å². The van der Waals surface area contributed by atoms with E-state index < -0.39 is 6.72 Å². The van der Waals surface area contributed by atoms with E-state index in [9.17, 15) is 4.57 Å². The van der Waals surface area contributed by atoms with Crippen LogP contribution in [0.3, 0.4) is 0 Å². The Morgan fingerprint density at radius 1 is 1.42 bits per heavy atom. The van der Waals surface area contributed by atoms with Gasteiger partial charge in [0.05, 0.1) is 0 Å². The lowest BCUT2D eigenvalue weighted by Gasteiger charge is -2.09. The highest BCUT2D eigenvalue weighted by Crippen LogP contribution is 2.51. The summed E-state index contributed by atoms with van der Waals surface area (Å²) in [5.41, 5.74) is 0. The van der Waals surface area contributed by atoms with Crippen molar-refractivity contribution in [3.8, 4) is 5.75 Å². The number of hydrogen-bond donors (Lipinski definition) is 0. The maximum absolute atomic E-state index is 11.3. The van der Waals surface area contributed by atoms with Crippen molar-refractivity contribution in [2.75, 3.05) is 6.16 Å². The average Bonchev–Trinajstić information content (AvgIpc) is 2.06. The number of para-hydroxylation sites is 1. The van der Waals surface area contributed by atoms with Crippen LogP contribution < -0.4 is 4.52 Å². The molecule has 0 saturated heterocycles. The highest BCUT2D eigenvalue weighted by atomic mass is 35.7. The molecule has 66 valence electrons. The van der Waals surface area contributed by atoms with Crippen LogP contribution in [0.5, 0.6) is 5.75 Å². The van der Waals surface area contributed by atoms with Gasteiger partial charge in [0.15, 0.2) is 0 Å². The molecule has 1 aromatic rings. The predicted octanol–water partition coefficient (Wildman–Crippen LogP) is 3.52. The standard InChI is InChI=1S/C8H10ClO2P/c1-2-12(9,10)11-8-6-4-3-5-7-8/h3-7H,2H2,1H3. The zero-order valence-corrected chi connectivity index (χ0v) is 8.39. The quantitative estimate of drug-likeness (QED) is 0.705. The zero-order chi connectivity index (χ0) is 9.03. The molecule has 1 rings (SSSR count). The molecule has 0 radical (unpaired) electrons. The Kier molecular flexibility index (Phi) is 3.19. The number of hydrogen-bond acceptors (Lipinski definition) is 2. The van der Waals surface area contributed by atoms with Crippen LogP contribution in [-0.4, -0.2) is 6.16 Å². The molecule has 1 atom stereocenters. The monoisotopic (exact) mass is 204 g/mol. The summed E-state index contributed by atoms with van der Waals surface area (Å²) in [6.45, 7) is -1.19. The van der Waals surface area contributed by atoms with Gasteiger partial charge in [-0.25, -0.2) is 0 Å². The molecule has 4 heteroatoms. The lowest BCUT2D eigenvalue weighted by molar-refractivity contribution is 0.499. The van der Waals surface area contributed by atoms with Crippen molar-refractivity contribution in [2.45, 2.75) is 6.92 Å². The summed E-state index contributed by atoms with van der Waals surface area (Å²) < 4.78 is 16.4. The second kappa shape index (κ2) is 3.97. The van der Waals surface area contributed by atoms with Crippen molar-refractivity contribution >= 4 is 18.0 Å². The molecule has 0 aliphatic rings. The van der Waals surface area contributed by atoms with E-state index in [4.69, 9.17) is 15.8 Å². The minimum absolute atomic E-state index is 0.337. The fourth-order valence-electron chi connectivity index (χ4n) is 0.703. The third-order valence-electron chi connectivity index (χ3n) is 1.36. The van der Waals surface area contributed by atoms with Crippen molar-refractivity contribution in [1.82, 2.24) is 0 Å². The van der Waals surface area contributed by atoms with Crippen molar-refractivity contribution < 1.29 is 9.09 Å². The van der Waals surface area contributed by atoms with Gasteiger partial charge in [-0.15, -0.1) is 0 Å². The van der Waals surface area contributed by atoms with Crippen LogP contribution in [0.2, 0.25) is 0 Å². The highest BCUT2D eigenvalue weighted by Gasteiger charge is 2.16. The van der Waals surface area contributed by atoms with Crippen LogP contribution in [0.25, 0.3) is 0 Å². The van der Waals surface area contributed by atoms with Gasteiger partial charge < -0.3 is 4.52 Å². The molecule has 0 spiro atoms. The van der Waals surface area contributed by atoms with Gasteiger partial charge in [0.2, 0.25) is 0 Å². The SMILES string of the molecule is CCP(=O)(Cl)Oc1ccccc1. The van der Waals surface area contributed by atoms with Crippen LogP contribution in [-0.2, 0) is 4.57 Å². The topological polar surface area (TPSA) is 26.3 Å². The summed E-state index contributed by atoms with van der Waals surface area (Å²) in [5.74, 6) is 0.553. The van der Waals surface area contributed by atoms with Crippen LogP contribution in [0, 0.1) is 0 Å². The molecule has 0 fully saturated rings. The van der Waals surface area contributed by atoms with Gasteiger partial charge in [-0.2, -0.15) is 0 Å². The van der Waals surface area contributed by atoms with Crippen molar-refractivity contribution in [1.29, 1.82) is 0 Å². The molecule has 0 N–H and O–H groups in total. The molecule has 0 aliphatic heterocycles. The first-order chi connectivity index (χ1) is 5.64. The molecule has 2 nitrogen and oxygen atoms in total. The summed E-state index contributed by atoms with van der Waals surface area (Å²) in [5, 5.41) is 0. The minimum Gasteiger partial charge on any atom is -0.433 e. The first-order valence-electron chi connectivity index (χ1n) is 3.67. The lowest BCUT2D eigenvalue weighted by Crippen LogP contribution is -1.88. The minimum atomic E-state index is -2.92. The first kappa shape index (κ1) is 9.63. The Morgan fingerprint density at radius 2 is 2.00 bits per heavy atom. The third-order valence-corrected chi connectivity index (χ3v) is 3.53. The van der Waals surface area contributed by atoms with Crippen molar-refractivity contribution in [3.05, 3.63) is 30.3 Å². The molecule has 0 heterocycles. The molecule has 12 heavy (non-hydrogen) atoms. The Morgan fingerprint density at radius 3 is 2.50 bits per heavy atom. The number of rotatable bonds is 3. The molecular weight excluding hydrogens is 195 g/mol. The van der Waals surface area contributed by atoms with Crippen LogP contribution in [0.4, 0.5) is 0 Å². The average molecular weight is 205 g/mol. The van der Waals surface area contributed by atoms with Crippen LogP contribution in [0.15, 0.2) is 30.3 Å². The molecule has 1 unspecified atom stereocenters. The Hall–Kier alpha value is -0.460. The Bertz CT molecular complexity index is 286. The van der Waals surface area contributed by atoms with Crippen molar-refractivity contribution in [2.24, 2.45) is 0 Å².